The van der Waals surface area contributed by atoms with E-state index in [-0.39, 0.29) is 5.92 Å². The Morgan fingerprint density at radius 2 is 1.86 bits per heavy atom. The van der Waals surface area contributed by atoms with E-state index in [1.165, 1.54) is 34.2 Å². The van der Waals surface area contributed by atoms with E-state index in [0.717, 1.165) is 25.7 Å². The lowest BCUT2D eigenvalue weighted by molar-refractivity contribution is 0.0286. The van der Waals surface area contributed by atoms with Crippen LogP contribution >= 0.6 is 0 Å². The van der Waals surface area contributed by atoms with Crippen molar-refractivity contribution >= 4 is 6.09 Å². The topological polar surface area (TPSA) is 58.6 Å². The molecule has 0 radical (unpaired) electrons. The highest BCUT2D eigenvalue weighted by atomic mass is 16.5. The molecule has 0 spiro atoms. The molecule has 0 saturated heterocycles. The molecular weight excluding hydrogens is 350 g/mol. The van der Waals surface area contributed by atoms with Crippen LogP contribution in [-0.4, -0.2) is 23.8 Å². The SMILES string of the molecule is O=C(O)NCC1c2ccccc2-c2c(CO[C@@H]3CC/C=C/CCC3)cccc21. The van der Waals surface area contributed by atoms with E-state index in [2.05, 4.69) is 47.8 Å². The van der Waals surface area contributed by atoms with Crippen molar-refractivity contribution in [3.8, 4) is 11.1 Å². The van der Waals surface area contributed by atoms with Gasteiger partial charge in [-0.2, -0.15) is 0 Å². The van der Waals surface area contributed by atoms with Crippen LogP contribution in [0, 0.1) is 0 Å². The number of amides is 1. The first-order valence-electron chi connectivity index (χ1n) is 10.2. The Labute approximate surface area is 166 Å². The molecule has 1 amide bonds. The third kappa shape index (κ3) is 3.97. The Morgan fingerprint density at radius 1 is 1.04 bits per heavy atom. The van der Waals surface area contributed by atoms with Gasteiger partial charge in [-0.25, -0.2) is 4.79 Å². The van der Waals surface area contributed by atoms with Crippen LogP contribution in [0.3, 0.4) is 0 Å². The number of hydrogen-bond donors (Lipinski definition) is 2. The van der Waals surface area contributed by atoms with Gasteiger partial charge in [-0.05, 0) is 59.9 Å². The standard InChI is InChI=1S/C24H27NO3/c26-24(27)25-15-22-19-12-6-7-13-20(19)23-17(9-8-14-21(22)23)16-28-18-10-4-2-1-3-5-11-18/h1-2,6-9,12-14,18,22,25H,3-5,10-11,15-16H2,(H,26,27)/b2-1+/t18-,22?/m1/s1. The third-order valence-electron chi connectivity index (χ3n) is 5.81. The molecule has 2 aliphatic carbocycles. The van der Waals surface area contributed by atoms with Crippen molar-refractivity contribution in [3.63, 3.8) is 0 Å². The van der Waals surface area contributed by atoms with Gasteiger partial charge < -0.3 is 15.2 Å². The molecule has 0 fully saturated rings. The van der Waals surface area contributed by atoms with Crippen LogP contribution in [0.2, 0.25) is 0 Å². The summed E-state index contributed by atoms with van der Waals surface area (Å²) in [5.41, 5.74) is 6.00. The second-order valence-corrected chi connectivity index (χ2v) is 7.62. The first-order valence-corrected chi connectivity index (χ1v) is 10.2. The molecule has 146 valence electrons. The molecule has 2 aromatic carbocycles. The Hall–Kier alpha value is -2.59. The van der Waals surface area contributed by atoms with Gasteiger partial charge in [-0.3, -0.25) is 0 Å². The monoisotopic (exact) mass is 377 g/mol. The number of hydrogen-bond acceptors (Lipinski definition) is 2. The summed E-state index contributed by atoms with van der Waals surface area (Å²) >= 11 is 0. The summed E-state index contributed by atoms with van der Waals surface area (Å²) in [7, 11) is 0. The summed E-state index contributed by atoms with van der Waals surface area (Å²) in [6.45, 7) is 0.990. The lowest BCUT2D eigenvalue weighted by atomic mass is 9.96. The van der Waals surface area contributed by atoms with Crippen LogP contribution in [-0.2, 0) is 11.3 Å². The van der Waals surface area contributed by atoms with Gasteiger partial charge in [0.25, 0.3) is 0 Å². The molecule has 0 heterocycles. The van der Waals surface area contributed by atoms with Crippen molar-refractivity contribution < 1.29 is 14.6 Å². The second-order valence-electron chi connectivity index (χ2n) is 7.62. The second kappa shape index (κ2) is 8.61. The zero-order valence-electron chi connectivity index (χ0n) is 16.1. The minimum Gasteiger partial charge on any atom is -0.465 e. The first kappa shape index (κ1) is 18.8. The molecule has 2 atom stereocenters. The normalized spacial score (nSPS) is 21.9. The number of allylic oxidation sites excluding steroid dienone is 2. The fourth-order valence-electron chi connectivity index (χ4n) is 4.46. The zero-order chi connectivity index (χ0) is 19.3. The van der Waals surface area contributed by atoms with Crippen LogP contribution in [0.5, 0.6) is 0 Å². The van der Waals surface area contributed by atoms with E-state index in [4.69, 9.17) is 9.84 Å². The molecule has 4 nitrogen and oxygen atoms in total. The van der Waals surface area contributed by atoms with Crippen molar-refractivity contribution in [3.05, 3.63) is 71.3 Å². The number of carbonyl (C=O) groups is 1. The number of nitrogens with one attached hydrogen (secondary N) is 1. The molecule has 2 aliphatic rings. The van der Waals surface area contributed by atoms with Crippen molar-refractivity contribution in [1.82, 2.24) is 5.32 Å². The Morgan fingerprint density at radius 3 is 2.75 bits per heavy atom. The molecule has 1 unspecified atom stereocenters. The Balaban J connectivity index is 1.58. The average molecular weight is 377 g/mol. The predicted octanol–water partition coefficient (Wildman–Crippen LogP) is 5.47. The summed E-state index contributed by atoms with van der Waals surface area (Å²) in [5, 5.41) is 11.6. The van der Waals surface area contributed by atoms with Gasteiger partial charge in [0, 0.05) is 12.5 Å². The molecule has 28 heavy (non-hydrogen) atoms. The lowest BCUT2D eigenvalue weighted by Crippen LogP contribution is -2.26. The fraction of sp³-hybridized carbons (Fsp3) is 0.375. The minimum atomic E-state index is -0.983. The van der Waals surface area contributed by atoms with Gasteiger partial charge in [-0.1, -0.05) is 54.6 Å². The fourth-order valence-corrected chi connectivity index (χ4v) is 4.46. The van der Waals surface area contributed by atoms with Gasteiger partial charge in [0.2, 0.25) is 0 Å². The van der Waals surface area contributed by atoms with Crippen molar-refractivity contribution in [1.29, 1.82) is 0 Å². The van der Waals surface area contributed by atoms with E-state index in [1.807, 2.05) is 12.1 Å². The lowest BCUT2D eigenvalue weighted by Gasteiger charge is -2.20. The van der Waals surface area contributed by atoms with Crippen LogP contribution in [0.15, 0.2) is 54.6 Å². The number of ether oxygens (including phenoxy) is 1. The third-order valence-corrected chi connectivity index (χ3v) is 5.81. The highest BCUT2D eigenvalue weighted by Crippen LogP contribution is 2.46. The summed E-state index contributed by atoms with van der Waals surface area (Å²) < 4.78 is 6.33. The minimum absolute atomic E-state index is 0.0498. The average Bonchev–Trinajstić information content (AvgIpc) is 3.00. The smallest absolute Gasteiger partial charge is 0.404 e. The predicted molar refractivity (Wildman–Crippen MR) is 111 cm³/mol. The van der Waals surface area contributed by atoms with Crippen LogP contribution in [0.4, 0.5) is 4.79 Å². The van der Waals surface area contributed by atoms with E-state index < -0.39 is 6.09 Å². The van der Waals surface area contributed by atoms with Gasteiger partial charge >= 0.3 is 6.09 Å². The maximum absolute atomic E-state index is 11.0. The summed E-state index contributed by atoms with van der Waals surface area (Å²) in [5.74, 6) is 0.0498. The molecule has 0 saturated carbocycles. The quantitative estimate of drug-likeness (QED) is 0.679. The Kier molecular flexibility index (Phi) is 5.77. The molecular formula is C24H27NO3. The zero-order valence-corrected chi connectivity index (χ0v) is 16.1. The number of benzene rings is 2. The van der Waals surface area contributed by atoms with Gasteiger partial charge in [-0.15, -0.1) is 0 Å². The molecule has 0 bridgehead atoms. The van der Waals surface area contributed by atoms with Gasteiger partial charge in [0.05, 0.1) is 12.7 Å². The Bertz CT molecular complexity index is 874. The molecule has 0 aromatic heterocycles. The van der Waals surface area contributed by atoms with E-state index in [9.17, 15) is 4.79 Å². The van der Waals surface area contributed by atoms with E-state index >= 15 is 0 Å². The molecule has 4 rings (SSSR count). The van der Waals surface area contributed by atoms with Crippen molar-refractivity contribution in [2.45, 2.75) is 50.7 Å². The number of rotatable bonds is 5. The maximum Gasteiger partial charge on any atom is 0.404 e. The van der Waals surface area contributed by atoms with Crippen molar-refractivity contribution in [2.75, 3.05) is 6.54 Å². The van der Waals surface area contributed by atoms with Crippen LogP contribution < -0.4 is 5.32 Å². The van der Waals surface area contributed by atoms with Crippen LogP contribution in [0.1, 0.15) is 54.7 Å². The van der Waals surface area contributed by atoms with E-state index in [0.29, 0.717) is 19.3 Å². The highest BCUT2D eigenvalue weighted by molar-refractivity contribution is 5.81. The number of fused-ring (bicyclic) bond motifs is 3. The van der Waals surface area contributed by atoms with E-state index in [1.54, 1.807) is 0 Å². The summed E-state index contributed by atoms with van der Waals surface area (Å²) in [6, 6.07) is 14.6. The summed E-state index contributed by atoms with van der Waals surface area (Å²) in [4.78, 5) is 11.0. The van der Waals surface area contributed by atoms with Crippen molar-refractivity contribution in [2.24, 2.45) is 0 Å². The first-order chi connectivity index (χ1) is 13.7. The summed E-state index contributed by atoms with van der Waals surface area (Å²) in [6.07, 6.45) is 9.48. The molecule has 0 aliphatic heterocycles. The molecule has 2 aromatic rings. The largest absolute Gasteiger partial charge is 0.465 e. The maximum atomic E-state index is 11.0. The highest BCUT2D eigenvalue weighted by Gasteiger charge is 2.30. The number of carboxylic acid groups (broad SMARTS) is 1. The molecule has 2 N–H and O–H groups in total. The molecule has 4 heteroatoms. The van der Waals surface area contributed by atoms with Gasteiger partial charge in [0.15, 0.2) is 0 Å². The van der Waals surface area contributed by atoms with Gasteiger partial charge in [0.1, 0.15) is 0 Å². The van der Waals surface area contributed by atoms with Crippen LogP contribution in [0.25, 0.3) is 11.1 Å².